The highest BCUT2D eigenvalue weighted by Gasteiger charge is 2.09. The first-order valence-electron chi connectivity index (χ1n) is 6.42. The van der Waals surface area contributed by atoms with Crippen molar-refractivity contribution < 1.29 is 4.52 Å². The van der Waals surface area contributed by atoms with Gasteiger partial charge < -0.3 is 14.7 Å². The van der Waals surface area contributed by atoms with Crippen LogP contribution in [0.2, 0.25) is 0 Å². The van der Waals surface area contributed by atoms with E-state index in [1.54, 1.807) is 0 Å². The molecule has 1 aromatic carbocycles. The Morgan fingerprint density at radius 1 is 1.21 bits per heavy atom. The standard InChI is InChI=1S/C15H21N3O/c1-10-8-13(18(4)5)6-7-15(10)16-9-14-11(2)17-19-12(14)3/h6-8,16H,9H2,1-5H3. The van der Waals surface area contributed by atoms with E-state index in [9.17, 15) is 0 Å². The lowest BCUT2D eigenvalue weighted by Gasteiger charge is -2.16. The molecule has 4 nitrogen and oxygen atoms in total. The van der Waals surface area contributed by atoms with Crippen molar-refractivity contribution in [2.45, 2.75) is 27.3 Å². The van der Waals surface area contributed by atoms with E-state index in [1.165, 1.54) is 11.3 Å². The van der Waals surface area contributed by atoms with Gasteiger partial charge in [-0.1, -0.05) is 5.16 Å². The molecule has 102 valence electrons. The van der Waals surface area contributed by atoms with Crippen LogP contribution in [0.3, 0.4) is 0 Å². The lowest BCUT2D eigenvalue weighted by molar-refractivity contribution is 0.392. The Kier molecular flexibility index (Phi) is 3.79. The van der Waals surface area contributed by atoms with E-state index in [1.807, 2.05) is 27.9 Å². The zero-order chi connectivity index (χ0) is 14.0. The lowest BCUT2D eigenvalue weighted by atomic mass is 10.1. The molecular weight excluding hydrogens is 238 g/mol. The van der Waals surface area contributed by atoms with Gasteiger partial charge in [0.2, 0.25) is 0 Å². The van der Waals surface area contributed by atoms with E-state index in [0.29, 0.717) is 0 Å². The summed E-state index contributed by atoms with van der Waals surface area (Å²) in [5.74, 6) is 0.882. The summed E-state index contributed by atoms with van der Waals surface area (Å²) < 4.78 is 5.17. The highest BCUT2D eigenvalue weighted by atomic mass is 16.5. The first kappa shape index (κ1) is 13.5. The van der Waals surface area contributed by atoms with Crippen LogP contribution in [0, 0.1) is 20.8 Å². The Balaban J connectivity index is 2.12. The summed E-state index contributed by atoms with van der Waals surface area (Å²) in [7, 11) is 4.09. The maximum Gasteiger partial charge on any atom is 0.138 e. The van der Waals surface area contributed by atoms with Crippen molar-refractivity contribution in [2.24, 2.45) is 0 Å². The van der Waals surface area contributed by atoms with Crippen molar-refractivity contribution in [3.05, 3.63) is 40.8 Å². The minimum atomic E-state index is 0.739. The SMILES string of the molecule is Cc1cc(N(C)C)ccc1NCc1c(C)noc1C. The third-order valence-electron chi connectivity index (χ3n) is 3.36. The van der Waals surface area contributed by atoms with Crippen LogP contribution in [0.4, 0.5) is 11.4 Å². The summed E-state index contributed by atoms with van der Waals surface area (Å²) >= 11 is 0. The van der Waals surface area contributed by atoms with Crippen LogP contribution in [0.5, 0.6) is 0 Å². The number of anilines is 2. The first-order chi connectivity index (χ1) is 8.99. The van der Waals surface area contributed by atoms with E-state index in [2.05, 4.69) is 40.5 Å². The fourth-order valence-corrected chi connectivity index (χ4v) is 2.06. The monoisotopic (exact) mass is 259 g/mol. The zero-order valence-corrected chi connectivity index (χ0v) is 12.2. The largest absolute Gasteiger partial charge is 0.381 e. The molecule has 0 aliphatic rings. The van der Waals surface area contributed by atoms with Crippen molar-refractivity contribution >= 4 is 11.4 Å². The van der Waals surface area contributed by atoms with Gasteiger partial charge in [0, 0.05) is 37.6 Å². The predicted molar refractivity (Wildman–Crippen MR) is 78.8 cm³/mol. The number of nitrogens with zero attached hydrogens (tertiary/aromatic N) is 2. The van der Waals surface area contributed by atoms with Crippen LogP contribution in [0.25, 0.3) is 0 Å². The van der Waals surface area contributed by atoms with E-state index >= 15 is 0 Å². The first-order valence-corrected chi connectivity index (χ1v) is 6.42. The number of aromatic nitrogens is 1. The van der Waals surface area contributed by atoms with Crippen LogP contribution in [0.1, 0.15) is 22.6 Å². The maximum absolute atomic E-state index is 5.17. The molecule has 2 rings (SSSR count). The van der Waals surface area contributed by atoms with Gasteiger partial charge in [-0.3, -0.25) is 0 Å². The van der Waals surface area contributed by atoms with E-state index < -0.39 is 0 Å². The van der Waals surface area contributed by atoms with Crippen molar-refractivity contribution in [3.63, 3.8) is 0 Å². The van der Waals surface area contributed by atoms with Crippen LogP contribution < -0.4 is 10.2 Å². The summed E-state index contributed by atoms with van der Waals surface area (Å²) in [6.45, 7) is 6.76. The van der Waals surface area contributed by atoms with Crippen LogP contribution in [-0.2, 0) is 6.54 Å². The summed E-state index contributed by atoms with van der Waals surface area (Å²) in [4.78, 5) is 2.10. The fourth-order valence-electron chi connectivity index (χ4n) is 2.06. The number of aryl methyl sites for hydroxylation is 3. The second kappa shape index (κ2) is 5.34. The van der Waals surface area contributed by atoms with E-state index in [0.717, 1.165) is 29.2 Å². The van der Waals surface area contributed by atoms with Gasteiger partial charge in [0.1, 0.15) is 5.76 Å². The molecule has 0 unspecified atom stereocenters. The van der Waals surface area contributed by atoms with Crippen LogP contribution in [-0.4, -0.2) is 19.3 Å². The topological polar surface area (TPSA) is 41.3 Å². The van der Waals surface area contributed by atoms with Crippen LogP contribution in [0.15, 0.2) is 22.7 Å². The number of hydrogen-bond acceptors (Lipinski definition) is 4. The molecule has 0 aliphatic heterocycles. The Labute approximate surface area is 114 Å². The molecule has 1 heterocycles. The normalized spacial score (nSPS) is 10.6. The van der Waals surface area contributed by atoms with Crippen LogP contribution >= 0.6 is 0 Å². The fraction of sp³-hybridized carbons (Fsp3) is 0.400. The maximum atomic E-state index is 5.17. The van der Waals surface area contributed by atoms with Crippen molar-refractivity contribution in [1.82, 2.24) is 5.16 Å². The van der Waals surface area contributed by atoms with Crippen molar-refractivity contribution in [3.8, 4) is 0 Å². The second-order valence-corrected chi connectivity index (χ2v) is 5.05. The van der Waals surface area contributed by atoms with Crippen molar-refractivity contribution in [2.75, 3.05) is 24.3 Å². The Bertz CT molecular complexity index is 553. The third-order valence-corrected chi connectivity index (χ3v) is 3.36. The number of hydrogen-bond donors (Lipinski definition) is 1. The molecule has 19 heavy (non-hydrogen) atoms. The molecule has 1 aromatic heterocycles. The molecule has 1 N–H and O–H groups in total. The predicted octanol–water partition coefficient (Wildman–Crippen LogP) is 3.28. The number of nitrogens with one attached hydrogen (secondary N) is 1. The average molecular weight is 259 g/mol. The summed E-state index contributed by atoms with van der Waals surface area (Å²) in [6.07, 6.45) is 0. The molecule has 0 spiro atoms. The summed E-state index contributed by atoms with van der Waals surface area (Å²) in [5, 5.41) is 7.41. The molecule has 4 heteroatoms. The molecule has 0 saturated carbocycles. The van der Waals surface area contributed by atoms with Gasteiger partial charge in [-0.05, 0) is 44.5 Å². The Morgan fingerprint density at radius 3 is 2.47 bits per heavy atom. The zero-order valence-electron chi connectivity index (χ0n) is 12.2. The summed E-state index contributed by atoms with van der Waals surface area (Å²) in [5.41, 5.74) is 5.67. The Hall–Kier alpha value is -1.97. The van der Waals surface area contributed by atoms with E-state index in [-0.39, 0.29) is 0 Å². The van der Waals surface area contributed by atoms with E-state index in [4.69, 9.17) is 4.52 Å². The molecule has 0 amide bonds. The molecule has 0 radical (unpaired) electrons. The van der Waals surface area contributed by atoms with Crippen molar-refractivity contribution in [1.29, 1.82) is 0 Å². The average Bonchev–Trinajstić information content (AvgIpc) is 2.68. The van der Waals surface area contributed by atoms with Gasteiger partial charge in [0.25, 0.3) is 0 Å². The molecule has 0 bridgehead atoms. The molecule has 0 saturated heterocycles. The quantitative estimate of drug-likeness (QED) is 0.915. The smallest absolute Gasteiger partial charge is 0.138 e. The molecule has 0 atom stereocenters. The number of rotatable bonds is 4. The third kappa shape index (κ3) is 2.89. The minimum absolute atomic E-state index is 0.739. The van der Waals surface area contributed by atoms with Gasteiger partial charge in [-0.2, -0.15) is 0 Å². The molecule has 0 fully saturated rings. The highest BCUT2D eigenvalue weighted by molar-refractivity contribution is 5.60. The molecular formula is C15H21N3O. The molecule has 2 aromatic rings. The number of benzene rings is 1. The van der Waals surface area contributed by atoms with Gasteiger partial charge >= 0.3 is 0 Å². The van der Waals surface area contributed by atoms with Gasteiger partial charge in [-0.15, -0.1) is 0 Å². The van der Waals surface area contributed by atoms with Gasteiger partial charge in [0.05, 0.1) is 5.69 Å². The molecule has 0 aliphatic carbocycles. The van der Waals surface area contributed by atoms with Gasteiger partial charge in [0.15, 0.2) is 0 Å². The van der Waals surface area contributed by atoms with Gasteiger partial charge in [-0.25, -0.2) is 0 Å². The minimum Gasteiger partial charge on any atom is -0.381 e. The Morgan fingerprint density at radius 2 is 1.95 bits per heavy atom. The lowest BCUT2D eigenvalue weighted by Crippen LogP contribution is -2.09. The summed E-state index contributed by atoms with van der Waals surface area (Å²) in [6, 6.07) is 6.40. The highest BCUT2D eigenvalue weighted by Crippen LogP contribution is 2.22. The second-order valence-electron chi connectivity index (χ2n) is 5.05.